The Bertz CT molecular complexity index is 3040. The molecule has 2 heterocycles. The van der Waals surface area contributed by atoms with Gasteiger partial charge >= 0.3 is 0 Å². The van der Waals surface area contributed by atoms with E-state index in [2.05, 4.69) is 184 Å². The molecule has 1 aliphatic rings. The fraction of sp³-hybridized carbons (Fsp3) is 0.143. The third-order valence-corrected chi connectivity index (χ3v) is 12.5. The van der Waals surface area contributed by atoms with Crippen LogP contribution in [-0.4, -0.2) is 19.6 Å². The van der Waals surface area contributed by atoms with Gasteiger partial charge in [0.1, 0.15) is 11.6 Å². The van der Waals surface area contributed by atoms with Crippen molar-refractivity contribution in [2.24, 2.45) is 0 Å². The largest absolute Gasteiger partial charge is 0.507 e. The summed E-state index contributed by atoms with van der Waals surface area (Å²) in [5.41, 5.74) is 16.0. The molecule has 61 heavy (non-hydrogen) atoms. The maximum absolute atomic E-state index is 12.2. The number of pyridine rings is 1. The first-order valence-corrected chi connectivity index (χ1v) is 20.8. The van der Waals surface area contributed by atoms with Crippen LogP contribution in [0.2, 0.25) is 0 Å². The predicted molar refractivity (Wildman–Crippen MR) is 247 cm³/mol. The molecule has 0 bridgehead atoms. The summed E-state index contributed by atoms with van der Waals surface area (Å²) in [6.07, 6.45) is 4.01. The van der Waals surface area contributed by atoms with Crippen molar-refractivity contribution in [3.63, 3.8) is 0 Å². The summed E-state index contributed by atoms with van der Waals surface area (Å²) >= 11 is 0. The number of imidazole rings is 1. The second-order valence-electron chi connectivity index (χ2n) is 17.4. The Kier molecular flexibility index (Phi) is 10.5. The standard InChI is InChI=1S/C56H46N3O.Pt/c1-55(2)28-29-56(3,4)48-36-52(60)46(35-47(48)55)54-58-53-45(24-16-26-51(53)59(54)50-25-15-14-23-44(50)39-21-12-7-13-22-39)42-31-41(38-19-10-6-11-20-38)32-43(33-42)49-34-40(27-30-57-49)37-17-8-5-9-18-37;/h5-27,30-32,34-36,60H,28-29H2,1-4H3;/q-1;. The fourth-order valence-electron chi connectivity index (χ4n) is 9.09. The zero-order valence-corrected chi connectivity index (χ0v) is 37.0. The van der Waals surface area contributed by atoms with Gasteiger partial charge in [0.05, 0.1) is 22.3 Å². The summed E-state index contributed by atoms with van der Waals surface area (Å²) in [7, 11) is 0. The number of fused-ring (bicyclic) bond motifs is 2. The van der Waals surface area contributed by atoms with Crippen LogP contribution in [0.3, 0.4) is 0 Å². The van der Waals surface area contributed by atoms with Crippen LogP contribution < -0.4 is 0 Å². The van der Waals surface area contributed by atoms with E-state index in [1.807, 2.05) is 30.5 Å². The van der Waals surface area contributed by atoms with Gasteiger partial charge in [-0.25, -0.2) is 4.98 Å². The normalized spacial score (nSPS) is 14.0. The van der Waals surface area contributed by atoms with Crippen molar-refractivity contribution in [2.45, 2.75) is 51.4 Å². The van der Waals surface area contributed by atoms with Crippen LogP contribution in [0, 0.1) is 6.07 Å². The monoisotopic (exact) mass is 971 g/mol. The molecule has 0 radical (unpaired) electrons. The molecule has 2 aromatic heterocycles. The summed E-state index contributed by atoms with van der Waals surface area (Å²) in [5, 5.41) is 12.2. The van der Waals surface area contributed by atoms with E-state index in [1.54, 1.807) is 0 Å². The van der Waals surface area contributed by atoms with Gasteiger partial charge in [-0.3, -0.25) is 9.55 Å². The van der Waals surface area contributed by atoms with Crippen molar-refractivity contribution in [1.82, 2.24) is 14.5 Å². The number of aromatic hydroxyl groups is 1. The Hall–Kier alpha value is -6.35. The minimum Gasteiger partial charge on any atom is -0.507 e. The quantitative estimate of drug-likeness (QED) is 0.162. The van der Waals surface area contributed by atoms with Crippen LogP contribution in [0.1, 0.15) is 51.7 Å². The molecule has 0 atom stereocenters. The first-order chi connectivity index (χ1) is 29.1. The fourth-order valence-corrected chi connectivity index (χ4v) is 9.09. The number of aromatic nitrogens is 3. The van der Waals surface area contributed by atoms with E-state index in [0.29, 0.717) is 11.4 Å². The number of rotatable bonds is 7. The maximum Gasteiger partial charge on any atom is 0.148 e. The third-order valence-electron chi connectivity index (χ3n) is 12.5. The summed E-state index contributed by atoms with van der Waals surface area (Å²) in [6.45, 7) is 9.23. The van der Waals surface area contributed by atoms with Crippen molar-refractivity contribution < 1.29 is 26.2 Å². The molecular weight excluding hydrogens is 926 g/mol. The van der Waals surface area contributed by atoms with Crippen LogP contribution in [0.25, 0.3) is 83.9 Å². The van der Waals surface area contributed by atoms with Crippen molar-refractivity contribution >= 4 is 11.0 Å². The molecule has 0 spiro atoms. The van der Waals surface area contributed by atoms with Gasteiger partial charge in [0.25, 0.3) is 0 Å². The Morgan fingerprint density at radius 1 is 0.525 bits per heavy atom. The van der Waals surface area contributed by atoms with Crippen molar-refractivity contribution in [3.05, 3.63) is 193 Å². The smallest absolute Gasteiger partial charge is 0.148 e. The van der Waals surface area contributed by atoms with Gasteiger partial charge in [0, 0.05) is 38.5 Å². The van der Waals surface area contributed by atoms with Gasteiger partial charge in [-0.05, 0) is 87.4 Å². The SMILES string of the molecule is CC1(C)CCC(C)(C)c2cc(-c3nc4c(-c5[c-]c(-c6cc(-c7ccccc7)ccn6)cc(-c6ccccc6)c5)cccc4n3-c3ccccc3-c3ccccc3)c(O)cc21.[Pt]. The van der Waals surface area contributed by atoms with E-state index < -0.39 is 0 Å². The van der Waals surface area contributed by atoms with E-state index in [9.17, 15) is 5.11 Å². The predicted octanol–water partition coefficient (Wildman–Crippen LogP) is 14.3. The number of para-hydroxylation sites is 2. The maximum atomic E-state index is 12.2. The average Bonchev–Trinajstić information content (AvgIpc) is 3.68. The van der Waals surface area contributed by atoms with Gasteiger partial charge in [-0.15, -0.1) is 23.8 Å². The summed E-state index contributed by atoms with van der Waals surface area (Å²) in [5.74, 6) is 0.927. The molecule has 4 nitrogen and oxygen atoms in total. The molecule has 1 aliphatic carbocycles. The minimum absolute atomic E-state index is 0. The number of phenols is 1. The van der Waals surface area contributed by atoms with E-state index in [1.165, 1.54) is 11.1 Å². The first-order valence-electron chi connectivity index (χ1n) is 20.8. The summed E-state index contributed by atoms with van der Waals surface area (Å²) < 4.78 is 2.25. The molecule has 7 aromatic carbocycles. The summed E-state index contributed by atoms with van der Waals surface area (Å²) in [4.78, 5) is 10.5. The topological polar surface area (TPSA) is 50.9 Å². The average molecular weight is 972 g/mol. The summed E-state index contributed by atoms with van der Waals surface area (Å²) in [6, 6.07) is 63.0. The van der Waals surface area contributed by atoms with Crippen molar-refractivity contribution in [1.29, 1.82) is 0 Å². The Morgan fingerprint density at radius 2 is 1.10 bits per heavy atom. The molecule has 5 heteroatoms. The zero-order chi connectivity index (χ0) is 41.0. The Morgan fingerprint density at radius 3 is 1.79 bits per heavy atom. The number of nitrogens with zero attached hydrogens (tertiary/aromatic N) is 3. The van der Waals surface area contributed by atoms with Crippen molar-refractivity contribution in [3.8, 4) is 78.6 Å². The van der Waals surface area contributed by atoms with Gasteiger partial charge in [0.2, 0.25) is 0 Å². The Balaban J connectivity index is 0.00000476. The number of hydrogen-bond donors (Lipinski definition) is 1. The molecule has 0 saturated heterocycles. The molecule has 0 aliphatic heterocycles. The van der Waals surface area contributed by atoms with E-state index in [-0.39, 0.29) is 37.6 Å². The van der Waals surface area contributed by atoms with Gasteiger partial charge in [-0.2, -0.15) is 0 Å². The van der Waals surface area contributed by atoms with Gasteiger partial charge in [-0.1, -0.05) is 172 Å². The number of phenolic OH excluding ortho intramolecular Hbond substituents is 1. The molecule has 9 aromatic rings. The second kappa shape index (κ2) is 15.9. The molecule has 302 valence electrons. The first kappa shape index (κ1) is 40.1. The van der Waals surface area contributed by atoms with Crippen molar-refractivity contribution in [2.75, 3.05) is 0 Å². The molecule has 0 amide bonds. The van der Waals surface area contributed by atoms with E-state index in [4.69, 9.17) is 9.97 Å². The number of benzene rings is 7. The van der Waals surface area contributed by atoms with Crippen LogP contribution in [0.4, 0.5) is 0 Å². The van der Waals surface area contributed by atoms with Crippen LogP contribution in [-0.2, 0) is 31.9 Å². The minimum atomic E-state index is -0.0632. The van der Waals surface area contributed by atoms with Crippen LogP contribution in [0.5, 0.6) is 5.75 Å². The third kappa shape index (κ3) is 7.34. The van der Waals surface area contributed by atoms with E-state index in [0.717, 1.165) is 85.3 Å². The van der Waals surface area contributed by atoms with Gasteiger partial charge < -0.3 is 5.11 Å². The van der Waals surface area contributed by atoms with Crippen LogP contribution in [0.15, 0.2) is 176 Å². The molecule has 1 N–H and O–H groups in total. The number of hydrogen-bond acceptors (Lipinski definition) is 3. The zero-order valence-electron chi connectivity index (χ0n) is 34.8. The second-order valence-corrected chi connectivity index (χ2v) is 17.4. The van der Waals surface area contributed by atoms with Crippen LogP contribution >= 0.6 is 0 Å². The Labute approximate surface area is 372 Å². The molecule has 0 fully saturated rings. The van der Waals surface area contributed by atoms with E-state index >= 15 is 0 Å². The van der Waals surface area contributed by atoms with Gasteiger partial charge in [0.15, 0.2) is 0 Å². The molecular formula is C56H46N3OPt-. The molecule has 0 saturated carbocycles. The molecule has 0 unspecified atom stereocenters. The molecule has 10 rings (SSSR count).